The maximum atomic E-state index is 4.83. The van der Waals surface area contributed by atoms with E-state index < -0.39 is 0 Å². The molecule has 3 heteroatoms. The second-order valence-corrected chi connectivity index (χ2v) is 6.94. The molecule has 1 aliphatic carbocycles. The van der Waals surface area contributed by atoms with Crippen LogP contribution in [0.15, 0.2) is 5.38 Å². The van der Waals surface area contributed by atoms with Gasteiger partial charge in [-0.25, -0.2) is 4.98 Å². The van der Waals surface area contributed by atoms with E-state index in [-0.39, 0.29) is 0 Å². The summed E-state index contributed by atoms with van der Waals surface area (Å²) in [6.45, 7) is 6.82. The summed E-state index contributed by atoms with van der Waals surface area (Å²) in [6, 6.07) is 0.468. The van der Waals surface area contributed by atoms with Gasteiger partial charge in [0.15, 0.2) is 0 Å². The Morgan fingerprint density at radius 1 is 1.28 bits per heavy atom. The molecular weight excluding hydrogens is 240 g/mol. The molecule has 1 aromatic heterocycles. The second-order valence-electron chi connectivity index (χ2n) is 6.05. The van der Waals surface area contributed by atoms with Crippen molar-refractivity contribution in [2.45, 2.75) is 58.4 Å². The molecule has 2 rings (SSSR count). The van der Waals surface area contributed by atoms with Gasteiger partial charge < -0.3 is 5.32 Å². The first-order valence-corrected chi connectivity index (χ1v) is 8.12. The van der Waals surface area contributed by atoms with Gasteiger partial charge in [0.25, 0.3) is 0 Å². The predicted molar refractivity (Wildman–Crippen MR) is 79.1 cm³/mol. The normalized spacial score (nSPS) is 26.5. The molecule has 1 aliphatic rings. The molecular formula is C15H26N2S. The van der Waals surface area contributed by atoms with E-state index in [1.54, 1.807) is 0 Å². The molecule has 0 saturated heterocycles. The van der Waals surface area contributed by atoms with E-state index in [1.807, 2.05) is 11.3 Å². The van der Waals surface area contributed by atoms with Crippen LogP contribution in [-0.4, -0.2) is 12.0 Å². The molecule has 1 heterocycles. The highest BCUT2D eigenvalue weighted by atomic mass is 32.1. The van der Waals surface area contributed by atoms with Crippen molar-refractivity contribution in [2.75, 3.05) is 7.05 Å². The van der Waals surface area contributed by atoms with Gasteiger partial charge in [0.1, 0.15) is 5.01 Å². The summed E-state index contributed by atoms with van der Waals surface area (Å²) in [4.78, 5) is 4.83. The molecule has 0 aromatic carbocycles. The summed E-state index contributed by atoms with van der Waals surface area (Å²) in [5.74, 6) is 2.23. The number of hydrogen-bond donors (Lipinski definition) is 1. The zero-order valence-electron chi connectivity index (χ0n) is 12.1. The molecule has 1 saturated carbocycles. The third-order valence-electron chi connectivity index (χ3n) is 4.24. The number of hydrogen-bond acceptors (Lipinski definition) is 3. The third-order valence-corrected chi connectivity index (χ3v) is 5.19. The van der Waals surface area contributed by atoms with E-state index in [9.17, 15) is 0 Å². The molecule has 0 aliphatic heterocycles. The van der Waals surface area contributed by atoms with Crippen LogP contribution in [0, 0.1) is 11.8 Å². The lowest BCUT2D eigenvalue weighted by molar-refractivity contribution is 0.237. The monoisotopic (exact) mass is 266 g/mol. The van der Waals surface area contributed by atoms with E-state index in [0.717, 1.165) is 11.8 Å². The fourth-order valence-corrected chi connectivity index (χ4v) is 4.07. The average Bonchev–Trinajstić information content (AvgIpc) is 2.82. The van der Waals surface area contributed by atoms with Gasteiger partial charge in [0, 0.05) is 5.38 Å². The van der Waals surface area contributed by atoms with Crippen LogP contribution >= 0.6 is 11.3 Å². The minimum Gasteiger partial charge on any atom is -0.311 e. The summed E-state index contributed by atoms with van der Waals surface area (Å²) >= 11 is 1.83. The minimum absolute atomic E-state index is 0.468. The van der Waals surface area contributed by atoms with Crippen molar-refractivity contribution in [3.05, 3.63) is 16.1 Å². The van der Waals surface area contributed by atoms with E-state index in [1.165, 1.54) is 36.4 Å². The summed E-state index contributed by atoms with van der Waals surface area (Å²) in [6.07, 6.45) is 5.46. The van der Waals surface area contributed by atoms with Crippen molar-refractivity contribution in [2.24, 2.45) is 11.8 Å². The SMILES string of the molecule is CNC(c1nc(C(C)C)cs1)C1CCC(C)CC1. The highest BCUT2D eigenvalue weighted by molar-refractivity contribution is 7.09. The second kappa shape index (κ2) is 6.16. The molecule has 1 atom stereocenters. The molecule has 1 fully saturated rings. The van der Waals surface area contributed by atoms with Crippen LogP contribution in [0.5, 0.6) is 0 Å². The average molecular weight is 266 g/mol. The Morgan fingerprint density at radius 2 is 1.94 bits per heavy atom. The number of aromatic nitrogens is 1. The maximum Gasteiger partial charge on any atom is 0.110 e. The van der Waals surface area contributed by atoms with E-state index in [0.29, 0.717) is 12.0 Å². The van der Waals surface area contributed by atoms with Crippen LogP contribution in [0.3, 0.4) is 0 Å². The standard InChI is InChI=1S/C15H26N2S/c1-10(2)13-9-18-15(17-13)14(16-4)12-7-5-11(3)6-8-12/h9-12,14,16H,5-8H2,1-4H3. The summed E-state index contributed by atoms with van der Waals surface area (Å²) < 4.78 is 0. The van der Waals surface area contributed by atoms with Crippen LogP contribution in [0.2, 0.25) is 0 Å². The summed E-state index contributed by atoms with van der Waals surface area (Å²) in [5, 5.41) is 7.03. The maximum absolute atomic E-state index is 4.83. The quantitative estimate of drug-likeness (QED) is 0.876. The first-order valence-electron chi connectivity index (χ1n) is 7.24. The van der Waals surface area contributed by atoms with E-state index in [4.69, 9.17) is 4.98 Å². The Hall–Kier alpha value is -0.410. The molecule has 1 N–H and O–H groups in total. The van der Waals surface area contributed by atoms with Crippen molar-refractivity contribution in [3.63, 3.8) is 0 Å². The topological polar surface area (TPSA) is 24.9 Å². The Kier molecular flexibility index (Phi) is 4.79. The number of rotatable bonds is 4. The van der Waals surface area contributed by atoms with Crippen LogP contribution < -0.4 is 5.32 Å². The largest absolute Gasteiger partial charge is 0.311 e. The van der Waals surface area contributed by atoms with Gasteiger partial charge in [-0.1, -0.05) is 33.6 Å². The number of nitrogens with zero attached hydrogens (tertiary/aromatic N) is 1. The third kappa shape index (κ3) is 3.12. The van der Waals surface area contributed by atoms with Crippen molar-refractivity contribution in [3.8, 4) is 0 Å². The zero-order chi connectivity index (χ0) is 13.1. The van der Waals surface area contributed by atoms with Gasteiger partial charge in [0.05, 0.1) is 11.7 Å². The smallest absolute Gasteiger partial charge is 0.110 e. The fraction of sp³-hybridized carbons (Fsp3) is 0.800. The Bertz CT molecular complexity index is 364. The fourth-order valence-electron chi connectivity index (χ4n) is 2.89. The molecule has 0 radical (unpaired) electrons. The van der Waals surface area contributed by atoms with Gasteiger partial charge in [-0.3, -0.25) is 0 Å². The van der Waals surface area contributed by atoms with Gasteiger partial charge >= 0.3 is 0 Å². The van der Waals surface area contributed by atoms with Crippen LogP contribution in [0.4, 0.5) is 0 Å². The van der Waals surface area contributed by atoms with E-state index >= 15 is 0 Å². The predicted octanol–water partition coefficient (Wildman–Crippen LogP) is 4.35. The van der Waals surface area contributed by atoms with Gasteiger partial charge in [0.2, 0.25) is 0 Å². The molecule has 0 amide bonds. The van der Waals surface area contributed by atoms with Gasteiger partial charge in [-0.2, -0.15) is 0 Å². The Balaban J connectivity index is 2.07. The van der Waals surface area contributed by atoms with Crippen molar-refractivity contribution >= 4 is 11.3 Å². The van der Waals surface area contributed by atoms with Crippen LogP contribution in [0.1, 0.15) is 69.1 Å². The number of nitrogens with one attached hydrogen (secondary N) is 1. The molecule has 102 valence electrons. The lowest BCUT2D eigenvalue weighted by Gasteiger charge is -2.31. The number of thiazole rings is 1. The Morgan fingerprint density at radius 3 is 2.44 bits per heavy atom. The van der Waals surface area contributed by atoms with Gasteiger partial charge in [-0.15, -0.1) is 11.3 Å². The molecule has 18 heavy (non-hydrogen) atoms. The minimum atomic E-state index is 0.468. The van der Waals surface area contributed by atoms with Crippen molar-refractivity contribution in [1.29, 1.82) is 0 Å². The van der Waals surface area contributed by atoms with Crippen molar-refractivity contribution in [1.82, 2.24) is 10.3 Å². The molecule has 0 bridgehead atoms. The lowest BCUT2D eigenvalue weighted by atomic mass is 9.79. The zero-order valence-corrected chi connectivity index (χ0v) is 12.9. The molecule has 0 spiro atoms. The Labute approximate surface area is 115 Å². The highest BCUT2D eigenvalue weighted by Crippen LogP contribution is 2.37. The first-order chi connectivity index (χ1) is 8.61. The summed E-state index contributed by atoms with van der Waals surface area (Å²) in [5.41, 5.74) is 1.25. The van der Waals surface area contributed by atoms with Gasteiger partial charge in [-0.05, 0) is 37.6 Å². The highest BCUT2D eigenvalue weighted by Gasteiger charge is 2.28. The molecule has 1 aromatic rings. The van der Waals surface area contributed by atoms with Crippen LogP contribution in [0.25, 0.3) is 0 Å². The summed E-state index contributed by atoms with van der Waals surface area (Å²) in [7, 11) is 2.08. The molecule has 1 unspecified atom stereocenters. The first kappa shape index (κ1) is 14.0. The lowest BCUT2D eigenvalue weighted by Crippen LogP contribution is -2.28. The molecule has 2 nitrogen and oxygen atoms in total. The van der Waals surface area contributed by atoms with E-state index in [2.05, 4.69) is 38.5 Å². The van der Waals surface area contributed by atoms with Crippen molar-refractivity contribution < 1.29 is 0 Å². The van der Waals surface area contributed by atoms with Crippen LogP contribution in [-0.2, 0) is 0 Å².